The number of aromatic nitrogens is 2. The molecule has 19 heavy (non-hydrogen) atoms. The molecule has 0 aliphatic carbocycles. The molecule has 2 aromatic rings. The smallest absolute Gasteiger partial charge is 0.144 e. The largest absolute Gasteiger partial charge is 0.384 e. The molecule has 0 aliphatic rings. The topological polar surface area (TPSA) is 55.0 Å². The Morgan fingerprint density at radius 2 is 2.00 bits per heavy atom. The number of nitrogens with two attached hydrogens (primary N) is 1. The lowest BCUT2D eigenvalue weighted by Crippen LogP contribution is -2.19. The highest BCUT2D eigenvalue weighted by atomic mass is 19.1. The van der Waals surface area contributed by atoms with E-state index >= 15 is 0 Å². The highest BCUT2D eigenvalue weighted by Crippen LogP contribution is 2.12. The van der Waals surface area contributed by atoms with Crippen molar-refractivity contribution in [2.45, 2.75) is 13.1 Å². The predicted molar refractivity (Wildman–Crippen MR) is 68.0 cm³/mol. The van der Waals surface area contributed by atoms with Gasteiger partial charge < -0.3 is 5.73 Å². The average Bonchev–Trinajstić information content (AvgIpc) is 2.33. The van der Waals surface area contributed by atoms with Gasteiger partial charge in [0.05, 0.1) is 6.54 Å². The molecule has 0 aliphatic heterocycles. The molecule has 0 amide bonds. The number of halogens is 2. The van der Waals surface area contributed by atoms with Gasteiger partial charge in [-0.2, -0.15) is 0 Å². The summed E-state index contributed by atoms with van der Waals surface area (Å²) in [5, 5.41) is 0. The molecule has 0 unspecified atom stereocenters. The normalized spacial score (nSPS) is 10.9. The third-order valence-electron chi connectivity index (χ3n) is 2.59. The Labute approximate surface area is 109 Å². The van der Waals surface area contributed by atoms with E-state index in [-0.39, 0.29) is 0 Å². The number of rotatable bonds is 4. The van der Waals surface area contributed by atoms with E-state index in [0.717, 1.165) is 6.07 Å². The Balaban J connectivity index is 2.03. The van der Waals surface area contributed by atoms with Gasteiger partial charge in [-0.3, -0.25) is 4.90 Å². The first kappa shape index (κ1) is 13.4. The molecule has 0 fully saturated rings. The summed E-state index contributed by atoms with van der Waals surface area (Å²) in [5.41, 5.74) is 5.98. The van der Waals surface area contributed by atoms with Crippen LogP contribution in [0.3, 0.4) is 0 Å². The zero-order valence-corrected chi connectivity index (χ0v) is 10.5. The van der Waals surface area contributed by atoms with Crippen LogP contribution in [0.4, 0.5) is 14.6 Å². The number of benzene rings is 1. The first-order chi connectivity index (χ1) is 9.04. The SMILES string of the molecule is CN(Cc1nccc(N)n1)Cc1ccc(F)cc1F. The Hall–Kier alpha value is -2.08. The number of hydrogen-bond acceptors (Lipinski definition) is 4. The molecule has 4 nitrogen and oxygen atoms in total. The molecule has 0 bridgehead atoms. The fourth-order valence-corrected chi connectivity index (χ4v) is 1.73. The third-order valence-corrected chi connectivity index (χ3v) is 2.59. The van der Waals surface area contributed by atoms with Crippen LogP contribution < -0.4 is 5.73 Å². The first-order valence-corrected chi connectivity index (χ1v) is 5.74. The Morgan fingerprint density at radius 3 is 2.68 bits per heavy atom. The Kier molecular flexibility index (Phi) is 4.01. The van der Waals surface area contributed by atoms with Gasteiger partial charge in [0.1, 0.15) is 23.3 Å². The van der Waals surface area contributed by atoms with E-state index in [4.69, 9.17) is 5.73 Å². The minimum Gasteiger partial charge on any atom is -0.384 e. The second-order valence-corrected chi connectivity index (χ2v) is 4.31. The summed E-state index contributed by atoms with van der Waals surface area (Å²) in [6.07, 6.45) is 1.57. The molecule has 0 spiro atoms. The van der Waals surface area contributed by atoms with E-state index in [2.05, 4.69) is 9.97 Å². The van der Waals surface area contributed by atoms with Crippen LogP contribution in [0.25, 0.3) is 0 Å². The standard InChI is InChI=1S/C13H14F2N4/c1-19(8-13-17-5-4-12(16)18-13)7-9-2-3-10(14)6-11(9)15/h2-6H,7-8H2,1H3,(H2,16,17,18). The van der Waals surface area contributed by atoms with Crippen molar-refractivity contribution < 1.29 is 8.78 Å². The molecule has 6 heteroatoms. The lowest BCUT2D eigenvalue weighted by molar-refractivity contribution is 0.305. The molecule has 100 valence electrons. The second kappa shape index (κ2) is 5.71. The summed E-state index contributed by atoms with van der Waals surface area (Å²) in [7, 11) is 1.80. The van der Waals surface area contributed by atoms with Crippen molar-refractivity contribution in [2.75, 3.05) is 12.8 Å². The summed E-state index contributed by atoms with van der Waals surface area (Å²) in [4.78, 5) is 9.96. The molecule has 1 aromatic carbocycles. The van der Waals surface area contributed by atoms with Crippen LogP contribution in [0, 0.1) is 11.6 Å². The highest BCUT2D eigenvalue weighted by molar-refractivity contribution is 5.25. The van der Waals surface area contributed by atoms with Crippen molar-refractivity contribution in [1.82, 2.24) is 14.9 Å². The summed E-state index contributed by atoms with van der Waals surface area (Å²) >= 11 is 0. The zero-order chi connectivity index (χ0) is 13.8. The fraction of sp³-hybridized carbons (Fsp3) is 0.231. The van der Waals surface area contributed by atoms with Gasteiger partial charge >= 0.3 is 0 Å². The van der Waals surface area contributed by atoms with Crippen LogP contribution in [-0.4, -0.2) is 21.9 Å². The van der Waals surface area contributed by atoms with Crippen molar-refractivity contribution in [2.24, 2.45) is 0 Å². The summed E-state index contributed by atoms with van der Waals surface area (Å²) in [6.45, 7) is 0.770. The second-order valence-electron chi connectivity index (χ2n) is 4.31. The molecule has 1 aromatic heterocycles. The van der Waals surface area contributed by atoms with Gasteiger partial charge in [0.25, 0.3) is 0 Å². The number of nitrogens with zero attached hydrogens (tertiary/aromatic N) is 3. The van der Waals surface area contributed by atoms with Gasteiger partial charge in [0.15, 0.2) is 0 Å². The van der Waals surface area contributed by atoms with Gasteiger partial charge in [0, 0.05) is 24.4 Å². The summed E-state index contributed by atoms with van der Waals surface area (Å²) < 4.78 is 26.3. The number of hydrogen-bond donors (Lipinski definition) is 1. The van der Waals surface area contributed by atoms with Gasteiger partial charge in [-0.25, -0.2) is 18.7 Å². The highest BCUT2D eigenvalue weighted by Gasteiger charge is 2.08. The Morgan fingerprint density at radius 1 is 1.21 bits per heavy atom. The summed E-state index contributed by atoms with van der Waals surface area (Å²) in [6, 6.07) is 5.15. The molecule has 1 heterocycles. The van der Waals surface area contributed by atoms with Crippen LogP contribution >= 0.6 is 0 Å². The van der Waals surface area contributed by atoms with Crippen LogP contribution in [0.5, 0.6) is 0 Å². The maximum absolute atomic E-state index is 13.5. The maximum Gasteiger partial charge on any atom is 0.144 e. The van der Waals surface area contributed by atoms with E-state index in [0.29, 0.717) is 30.3 Å². The molecule has 0 radical (unpaired) electrons. The van der Waals surface area contributed by atoms with Crippen molar-refractivity contribution in [1.29, 1.82) is 0 Å². The molecule has 0 saturated carbocycles. The zero-order valence-electron chi connectivity index (χ0n) is 10.5. The third kappa shape index (κ3) is 3.69. The predicted octanol–water partition coefficient (Wildman–Crippen LogP) is 1.97. The van der Waals surface area contributed by atoms with Gasteiger partial charge in [-0.15, -0.1) is 0 Å². The van der Waals surface area contributed by atoms with Crippen molar-refractivity contribution in [3.05, 3.63) is 53.5 Å². The average molecular weight is 264 g/mol. The van der Waals surface area contributed by atoms with E-state index < -0.39 is 11.6 Å². The van der Waals surface area contributed by atoms with Gasteiger partial charge in [-0.05, 0) is 19.2 Å². The molecular formula is C13H14F2N4. The molecule has 2 N–H and O–H groups in total. The van der Waals surface area contributed by atoms with E-state index in [1.165, 1.54) is 12.1 Å². The van der Waals surface area contributed by atoms with Gasteiger partial charge in [-0.1, -0.05) is 6.07 Å². The maximum atomic E-state index is 13.5. The summed E-state index contributed by atoms with van der Waals surface area (Å²) in [5.74, 6) is -0.181. The van der Waals surface area contributed by atoms with Gasteiger partial charge in [0.2, 0.25) is 0 Å². The monoisotopic (exact) mass is 264 g/mol. The van der Waals surface area contributed by atoms with Crippen LogP contribution in [0.15, 0.2) is 30.5 Å². The lowest BCUT2D eigenvalue weighted by atomic mass is 10.2. The van der Waals surface area contributed by atoms with Crippen LogP contribution in [-0.2, 0) is 13.1 Å². The number of anilines is 1. The van der Waals surface area contributed by atoms with E-state index in [9.17, 15) is 8.78 Å². The lowest BCUT2D eigenvalue weighted by Gasteiger charge is -2.16. The van der Waals surface area contributed by atoms with Crippen molar-refractivity contribution in [3.63, 3.8) is 0 Å². The van der Waals surface area contributed by atoms with Crippen LogP contribution in [0.1, 0.15) is 11.4 Å². The first-order valence-electron chi connectivity index (χ1n) is 5.74. The van der Waals surface area contributed by atoms with E-state index in [1.54, 1.807) is 19.3 Å². The molecule has 0 saturated heterocycles. The quantitative estimate of drug-likeness (QED) is 0.917. The minimum absolute atomic E-state index is 0.338. The molecule has 0 atom stereocenters. The van der Waals surface area contributed by atoms with E-state index in [1.807, 2.05) is 4.90 Å². The van der Waals surface area contributed by atoms with Crippen molar-refractivity contribution in [3.8, 4) is 0 Å². The minimum atomic E-state index is -0.580. The molecular weight excluding hydrogens is 250 g/mol. The van der Waals surface area contributed by atoms with Crippen LogP contribution in [0.2, 0.25) is 0 Å². The molecule has 2 rings (SSSR count). The number of nitrogen functional groups attached to an aromatic ring is 1. The van der Waals surface area contributed by atoms with Crippen molar-refractivity contribution >= 4 is 5.82 Å². The Bertz CT molecular complexity index is 574. The fourth-order valence-electron chi connectivity index (χ4n) is 1.73.